The molecular weight excluding hydrogens is 388 g/mol. The van der Waals surface area contributed by atoms with Crippen molar-refractivity contribution < 1.29 is 42.6 Å². The Morgan fingerprint density at radius 2 is 1.48 bits per heavy atom. The topological polar surface area (TPSA) is 143 Å². The van der Waals surface area contributed by atoms with Gasteiger partial charge in [0.15, 0.2) is 0 Å². The molecule has 0 bridgehead atoms. The molecule has 1 amide bonds. The van der Waals surface area contributed by atoms with E-state index in [1.807, 2.05) is 0 Å². The predicted octanol–water partition coefficient (Wildman–Crippen LogP) is 0.794. The first kappa shape index (κ1) is 23.9. The number of nitrogens with zero attached hydrogens (tertiary/aromatic N) is 1. The lowest BCUT2D eigenvalue weighted by molar-refractivity contribution is -0.168. The Morgan fingerprint density at radius 1 is 0.931 bits per heavy atom. The van der Waals surface area contributed by atoms with Gasteiger partial charge in [-0.15, -0.1) is 0 Å². The van der Waals surface area contributed by atoms with E-state index in [1.165, 1.54) is 13.8 Å². The van der Waals surface area contributed by atoms with E-state index >= 15 is 0 Å². The van der Waals surface area contributed by atoms with Crippen LogP contribution in [0.5, 0.6) is 5.88 Å². The van der Waals surface area contributed by atoms with E-state index in [0.29, 0.717) is 0 Å². The molecule has 1 rings (SSSR count). The fraction of sp³-hybridized carbons (Fsp3) is 0.611. The zero-order valence-electron chi connectivity index (χ0n) is 17.2. The van der Waals surface area contributed by atoms with Crippen LogP contribution in [-0.2, 0) is 35.0 Å². The SMILES string of the molecule is CCOC(=O)c1onc(OCC)c1CC(NC(C)=O)(C(=O)OCC)C(=O)OCC. The zero-order valence-corrected chi connectivity index (χ0v) is 17.2. The summed E-state index contributed by atoms with van der Waals surface area (Å²) < 4.78 is 25.3. The molecule has 0 spiro atoms. The van der Waals surface area contributed by atoms with Gasteiger partial charge in [-0.3, -0.25) is 4.79 Å². The second-order valence-electron chi connectivity index (χ2n) is 5.65. The number of nitrogens with one attached hydrogen (secondary N) is 1. The van der Waals surface area contributed by atoms with E-state index < -0.39 is 35.8 Å². The lowest BCUT2D eigenvalue weighted by atomic mass is 9.90. The highest BCUT2D eigenvalue weighted by molar-refractivity contribution is 6.08. The third-order valence-corrected chi connectivity index (χ3v) is 3.57. The lowest BCUT2D eigenvalue weighted by Gasteiger charge is -2.29. The molecular formula is C18H26N2O9. The van der Waals surface area contributed by atoms with Crippen LogP contribution in [0.15, 0.2) is 4.52 Å². The minimum atomic E-state index is -2.28. The van der Waals surface area contributed by atoms with Gasteiger partial charge in [-0.1, -0.05) is 0 Å². The first-order valence-electron chi connectivity index (χ1n) is 9.18. The molecule has 0 atom stereocenters. The summed E-state index contributed by atoms with van der Waals surface area (Å²) in [7, 11) is 0. The summed E-state index contributed by atoms with van der Waals surface area (Å²) in [5.41, 5.74) is -2.32. The number of aromatic nitrogens is 1. The molecule has 0 aliphatic rings. The normalized spacial score (nSPS) is 10.8. The number of carbonyl (C=O) groups is 4. The van der Waals surface area contributed by atoms with Crippen LogP contribution in [0.2, 0.25) is 0 Å². The molecule has 11 heteroatoms. The number of rotatable bonds is 11. The van der Waals surface area contributed by atoms with Crippen LogP contribution >= 0.6 is 0 Å². The number of amides is 1. The van der Waals surface area contributed by atoms with Gasteiger partial charge in [0.2, 0.25) is 11.4 Å². The Hall–Kier alpha value is -3.11. The van der Waals surface area contributed by atoms with Gasteiger partial charge < -0.3 is 28.8 Å². The minimum Gasteiger partial charge on any atom is -0.476 e. The van der Waals surface area contributed by atoms with E-state index in [2.05, 4.69) is 10.5 Å². The fourth-order valence-electron chi connectivity index (χ4n) is 2.51. The average molecular weight is 414 g/mol. The quantitative estimate of drug-likeness (QED) is 0.313. The van der Waals surface area contributed by atoms with Crippen LogP contribution in [0.3, 0.4) is 0 Å². The van der Waals surface area contributed by atoms with Crippen LogP contribution in [0.1, 0.15) is 50.7 Å². The summed E-state index contributed by atoms with van der Waals surface area (Å²) in [5.74, 6) is -4.18. The molecule has 0 fully saturated rings. The van der Waals surface area contributed by atoms with Crippen molar-refractivity contribution in [1.82, 2.24) is 10.5 Å². The standard InChI is InChI=1S/C18H26N2O9/c1-6-25-14-12(13(29-20-14)15(22)26-7-2)10-18(19-11(5)21,16(23)27-8-3)17(24)28-9-4/h6-10H2,1-5H3,(H,19,21). The summed E-state index contributed by atoms with van der Waals surface area (Å²) >= 11 is 0. The predicted molar refractivity (Wildman–Crippen MR) is 97.1 cm³/mol. The van der Waals surface area contributed by atoms with Gasteiger partial charge in [0.25, 0.3) is 11.6 Å². The largest absolute Gasteiger partial charge is 0.476 e. The van der Waals surface area contributed by atoms with Crippen molar-refractivity contribution >= 4 is 23.8 Å². The van der Waals surface area contributed by atoms with Crippen LogP contribution < -0.4 is 10.1 Å². The maximum atomic E-state index is 12.8. The van der Waals surface area contributed by atoms with Gasteiger partial charge in [0, 0.05) is 13.3 Å². The smallest absolute Gasteiger partial charge is 0.377 e. The van der Waals surface area contributed by atoms with Crippen LogP contribution in [0.4, 0.5) is 0 Å². The highest BCUT2D eigenvalue weighted by Gasteiger charge is 2.52. The monoisotopic (exact) mass is 414 g/mol. The second kappa shape index (κ2) is 11.0. The fourth-order valence-corrected chi connectivity index (χ4v) is 2.51. The highest BCUT2D eigenvalue weighted by Crippen LogP contribution is 2.29. The molecule has 0 radical (unpaired) electrons. The first-order valence-corrected chi connectivity index (χ1v) is 9.18. The second-order valence-corrected chi connectivity index (χ2v) is 5.65. The molecule has 0 aliphatic carbocycles. The Morgan fingerprint density at radius 3 is 1.93 bits per heavy atom. The molecule has 1 heterocycles. The van der Waals surface area contributed by atoms with E-state index in [9.17, 15) is 19.2 Å². The van der Waals surface area contributed by atoms with Gasteiger partial charge in [-0.2, -0.15) is 0 Å². The van der Waals surface area contributed by atoms with E-state index in [1.54, 1.807) is 13.8 Å². The van der Waals surface area contributed by atoms with Gasteiger partial charge in [0.05, 0.1) is 32.0 Å². The number of hydrogen-bond acceptors (Lipinski definition) is 10. The maximum Gasteiger partial charge on any atom is 0.377 e. The number of hydrogen-bond donors (Lipinski definition) is 1. The summed E-state index contributed by atoms with van der Waals surface area (Å²) in [6.07, 6.45) is -0.558. The van der Waals surface area contributed by atoms with Crippen molar-refractivity contribution in [3.8, 4) is 5.88 Å². The molecule has 29 heavy (non-hydrogen) atoms. The molecule has 0 aromatic carbocycles. The average Bonchev–Trinajstić information content (AvgIpc) is 3.04. The zero-order chi connectivity index (χ0) is 22.0. The van der Waals surface area contributed by atoms with Gasteiger partial charge in [-0.05, 0) is 32.9 Å². The van der Waals surface area contributed by atoms with Crippen LogP contribution in [0.25, 0.3) is 0 Å². The first-order chi connectivity index (χ1) is 13.8. The Balaban J connectivity index is 3.60. The summed E-state index contributed by atoms with van der Waals surface area (Å²) in [5, 5.41) is 5.97. The number of carbonyl (C=O) groups excluding carboxylic acids is 4. The van der Waals surface area contributed by atoms with Crippen molar-refractivity contribution in [2.45, 2.75) is 46.6 Å². The summed E-state index contributed by atoms with van der Waals surface area (Å²) in [6.45, 7) is 7.54. The molecule has 0 unspecified atom stereocenters. The Bertz CT molecular complexity index is 724. The molecule has 1 N–H and O–H groups in total. The highest BCUT2D eigenvalue weighted by atomic mass is 16.6. The van der Waals surface area contributed by atoms with Crippen molar-refractivity contribution in [1.29, 1.82) is 0 Å². The molecule has 0 aliphatic heterocycles. The third kappa shape index (κ3) is 5.69. The molecule has 1 aromatic heterocycles. The molecule has 11 nitrogen and oxygen atoms in total. The maximum absolute atomic E-state index is 12.8. The van der Waals surface area contributed by atoms with Gasteiger partial charge in [-0.25, -0.2) is 14.4 Å². The number of ether oxygens (including phenoxy) is 4. The van der Waals surface area contributed by atoms with Crippen molar-refractivity contribution in [3.05, 3.63) is 11.3 Å². The van der Waals surface area contributed by atoms with Crippen LogP contribution in [-0.4, -0.2) is 60.9 Å². The molecule has 1 aromatic rings. The molecule has 0 saturated heterocycles. The van der Waals surface area contributed by atoms with Gasteiger partial charge >= 0.3 is 17.9 Å². The van der Waals surface area contributed by atoms with Crippen LogP contribution in [0, 0.1) is 0 Å². The number of esters is 3. The third-order valence-electron chi connectivity index (χ3n) is 3.57. The van der Waals surface area contributed by atoms with Crippen molar-refractivity contribution in [2.24, 2.45) is 0 Å². The summed E-state index contributed by atoms with van der Waals surface area (Å²) in [6, 6.07) is 0. The molecule has 0 saturated carbocycles. The van der Waals surface area contributed by atoms with Crippen molar-refractivity contribution in [2.75, 3.05) is 26.4 Å². The van der Waals surface area contributed by atoms with E-state index in [-0.39, 0.29) is 43.6 Å². The minimum absolute atomic E-state index is 0.0415. The van der Waals surface area contributed by atoms with E-state index in [0.717, 1.165) is 6.92 Å². The molecule has 162 valence electrons. The Labute approximate surface area is 168 Å². The van der Waals surface area contributed by atoms with Crippen molar-refractivity contribution in [3.63, 3.8) is 0 Å². The summed E-state index contributed by atoms with van der Waals surface area (Å²) in [4.78, 5) is 49.6. The van der Waals surface area contributed by atoms with E-state index in [4.69, 9.17) is 23.5 Å². The lowest BCUT2D eigenvalue weighted by Crippen LogP contribution is -2.62. The van der Waals surface area contributed by atoms with Gasteiger partial charge in [0.1, 0.15) is 0 Å². The Kier molecular flexibility index (Phi) is 9.10.